The number of hydrogen-bond acceptors (Lipinski definition) is 1. The van der Waals surface area contributed by atoms with Crippen LogP contribution in [0.25, 0.3) is 0 Å². The van der Waals surface area contributed by atoms with Crippen molar-refractivity contribution >= 4 is 6.29 Å². The van der Waals surface area contributed by atoms with Gasteiger partial charge in [0.2, 0.25) is 0 Å². The molecule has 2 atom stereocenters. The van der Waals surface area contributed by atoms with E-state index in [0.717, 1.165) is 18.3 Å². The molecule has 1 aromatic carbocycles. The molecule has 0 radical (unpaired) electrons. The molecule has 0 saturated carbocycles. The second kappa shape index (κ2) is 4.74. The second-order valence-electron chi connectivity index (χ2n) is 3.79. The van der Waals surface area contributed by atoms with Crippen molar-refractivity contribution in [1.29, 1.82) is 0 Å². The number of benzene rings is 1. The maximum absolute atomic E-state index is 11.1. The summed E-state index contributed by atoms with van der Waals surface area (Å²) in [4.78, 5) is 11.1. The van der Waals surface area contributed by atoms with Crippen molar-refractivity contribution in [3.63, 3.8) is 0 Å². The van der Waals surface area contributed by atoms with E-state index in [-0.39, 0.29) is 5.92 Å². The number of aldehydes is 1. The molecule has 0 fully saturated rings. The molecular weight excluding hydrogens is 184 g/mol. The predicted molar refractivity (Wildman–Crippen MR) is 61.6 cm³/mol. The van der Waals surface area contributed by atoms with Crippen molar-refractivity contribution in [2.24, 2.45) is 5.92 Å². The molecule has 1 nitrogen and oxygen atoms in total. The zero-order chi connectivity index (χ0) is 10.5. The van der Waals surface area contributed by atoms with Gasteiger partial charge in [-0.15, -0.1) is 0 Å². The van der Waals surface area contributed by atoms with Gasteiger partial charge in [-0.3, -0.25) is 0 Å². The Morgan fingerprint density at radius 3 is 2.60 bits per heavy atom. The molecule has 0 amide bonds. The Kier molecular flexibility index (Phi) is 3.13. The molecule has 0 aliphatic heterocycles. The Morgan fingerprint density at radius 1 is 1.20 bits per heavy atom. The third-order valence-electron chi connectivity index (χ3n) is 2.81. The van der Waals surface area contributed by atoms with Crippen LogP contribution in [-0.2, 0) is 4.79 Å². The van der Waals surface area contributed by atoms with Gasteiger partial charge in [-0.25, -0.2) is 0 Å². The Balaban J connectivity index is 2.21. The van der Waals surface area contributed by atoms with Gasteiger partial charge in [0.25, 0.3) is 0 Å². The third-order valence-corrected chi connectivity index (χ3v) is 2.81. The highest BCUT2D eigenvalue weighted by molar-refractivity contribution is 5.63. The molecule has 1 heteroatoms. The van der Waals surface area contributed by atoms with Crippen LogP contribution in [0, 0.1) is 5.92 Å². The van der Waals surface area contributed by atoms with Crippen molar-refractivity contribution in [1.82, 2.24) is 0 Å². The molecule has 0 saturated heterocycles. The molecule has 0 aromatic heterocycles. The minimum Gasteiger partial charge on any atom is -0.303 e. The van der Waals surface area contributed by atoms with E-state index in [1.54, 1.807) is 0 Å². The van der Waals surface area contributed by atoms with Gasteiger partial charge in [-0.1, -0.05) is 54.6 Å². The van der Waals surface area contributed by atoms with Crippen LogP contribution in [0.15, 0.2) is 54.6 Å². The summed E-state index contributed by atoms with van der Waals surface area (Å²) in [6, 6.07) is 9.97. The molecule has 0 bridgehead atoms. The highest BCUT2D eigenvalue weighted by atomic mass is 16.1. The lowest BCUT2D eigenvalue weighted by atomic mass is 9.83. The van der Waals surface area contributed by atoms with Crippen molar-refractivity contribution in [2.75, 3.05) is 0 Å². The summed E-state index contributed by atoms with van der Waals surface area (Å²) >= 11 is 0. The van der Waals surface area contributed by atoms with Gasteiger partial charge in [0, 0.05) is 5.92 Å². The molecule has 2 rings (SSSR count). The van der Waals surface area contributed by atoms with E-state index >= 15 is 0 Å². The van der Waals surface area contributed by atoms with E-state index in [1.165, 1.54) is 0 Å². The van der Waals surface area contributed by atoms with Gasteiger partial charge in [0.1, 0.15) is 6.29 Å². The zero-order valence-corrected chi connectivity index (χ0v) is 8.54. The minimum absolute atomic E-state index is 0.00704. The fourth-order valence-electron chi connectivity index (χ4n) is 1.97. The predicted octanol–water partition coefficient (Wildman–Crippen LogP) is 3.10. The first-order valence-electron chi connectivity index (χ1n) is 5.25. The molecule has 15 heavy (non-hydrogen) atoms. The molecule has 0 heterocycles. The van der Waals surface area contributed by atoms with E-state index in [2.05, 4.69) is 12.2 Å². The number of carbonyl (C=O) groups excluding carboxylic acids is 1. The first-order valence-corrected chi connectivity index (χ1v) is 5.25. The van der Waals surface area contributed by atoms with E-state index in [9.17, 15) is 4.79 Å². The quantitative estimate of drug-likeness (QED) is 0.682. The normalized spacial score (nSPS) is 21.2. The lowest BCUT2D eigenvalue weighted by molar-refractivity contribution is -0.109. The van der Waals surface area contributed by atoms with E-state index in [0.29, 0.717) is 5.92 Å². The molecule has 1 aliphatic rings. The van der Waals surface area contributed by atoms with Gasteiger partial charge < -0.3 is 4.79 Å². The Labute approximate surface area is 90.1 Å². The SMILES string of the molecule is O=CC(c1ccccc1)C1C=CC=CC1. The lowest BCUT2D eigenvalue weighted by Gasteiger charge is -2.20. The Hall–Kier alpha value is -1.63. The van der Waals surface area contributed by atoms with Crippen LogP contribution in [0.1, 0.15) is 17.9 Å². The largest absolute Gasteiger partial charge is 0.303 e. The number of rotatable bonds is 3. The van der Waals surface area contributed by atoms with Crippen molar-refractivity contribution in [2.45, 2.75) is 12.3 Å². The van der Waals surface area contributed by atoms with Crippen LogP contribution in [0.2, 0.25) is 0 Å². The van der Waals surface area contributed by atoms with Crippen LogP contribution in [0.4, 0.5) is 0 Å². The van der Waals surface area contributed by atoms with Crippen molar-refractivity contribution < 1.29 is 4.79 Å². The number of allylic oxidation sites excluding steroid dienone is 4. The average Bonchev–Trinajstić information content (AvgIpc) is 2.33. The van der Waals surface area contributed by atoms with Gasteiger partial charge in [-0.2, -0.15) is 0 Å². The zero-order valence-electron chi connectivity index (χ0n) is 8.54. The van der Waals surface area contributed by atoms with Crippen LogP contribution in [0.3, 0.4) is 0 Å². The summed E-state index contributed by atoms with van der Waals surface area (Å²) in [7, 11) is 0. The average molecular weight is 198 g/mol. The highest BCUT2D eigenvalue weighted by Crippen LogP contribution is 2.28. The van der Waals surface area contributed by atoms with Crippen molar-refractivity contribution in [3.05, 3.63) is 60.2 Å². The molecular formula is C14H14O. The maximum Gasteiger partial charge on any atom is 0.128 e. The monoisotopic (exact) mass is 198 g/mol. The van der Waals surface area contributed by atoms with Gasteiger partial charge >= 0.3 is 0 Å². The summed E-state index contributed by atoms with van der Waals surface area (Å²) in [6.07, 6.45) is 10.3. The molecule has 0 N–H and O–H groups in total. The van der Waals surface area contributed by atoms with Crippen LogP contribution >= 0.6 is 0 Å². The standard InChI is InChI=1S/C14H14O/c15-11-14(12-7-3-1-4-8-12)13-9-5-2-6-10-13/h1-9,11,13-14H,10H2. The lowest BCUT2D eigenvalue weighted by Crippen LogP contribution is -2.12. The van der Waals surface area contributed by atoms with Crippen LogP contribution in [-0.4, -0.2) is 6.29 Å². The summed E-state index contributed by atoms with van der Waals surface area (Å²) in [5, 5.41) is 0. The second-order valence-corrected chi connectivity index (χ2v) is 3.79. The smallest absolute Gasteiger partial charge is 0.128 e. The molecule has 0 spiro atoms. The first kappa shape index (κ1) is 9.91. The van der Waals surface area contributed by atoms with E-state index in [1.807, 2.05) is 42.5 Å². The molecule has 2 unspecified atom stereocenters. The van der Waals surface area contributed by atoms with Gasteiger partial charge in [-0.05, 0) is 17.9 Å². The fourth-order valence-corrected chi connectivity index (χ4v) is 1.97. The minimum atomic E-state index is -0.00704. The molecule has 1 aromatic rings. The first-order chi connectivity index (χ1) is 7.42. The summed E-state index contributed by atoms with van der Waals surface area (Å²) in [5.74, 6) is 0.308. The van der Waals surface area contributed by atoms with Crippen LogP contribution in [0.5, 0.6) is 0 Å². The maximum atomic E-state index is 11.1. The van der Waals surface area contributed by atoms with Crippen LogP contribution < -0.4 is 0 Å². The topological polar surface area (TPSA) is 17.1 Å². The summed E-state index contributed by atoms with van der Waals surface area (Å²) < 4.78 is 0. The van der Waals surface area contributed by atoms with Gasteiger partial charge in [0.15, 0.2) is 0 Å². The number of carbonyl (C=O) groups is 1. The van der Waals surface area contributed by atoms with Gasteiger partial charge in [0.05, 0.1) is 0 Å². The van der Waals surface area contributed by atoms with Crippen molar-refractivity contribution in [3.8, 4) is 0 Å². The summed E-state index contributed by atoms with van der Waals surface area (Å²) in [5.41, 5.74) is 1.11. The van der Waals surface area contributed by atoms with E-state index < -0.39 is 0 Å². The molecule has 1 aliphatic carbocycles. The third kappa shape index (κ3) is 2.24. The van der Waals surface area contributed by atoms with E-state index in [4.69, 9.17) is 0 Å². The Bertz CT molecular complexity index is 376. The highest BCUT2D eigenvalue weighted by Gasteiger charge is 2.19. The summed E-state index contributed by atoms with van der Waals surface area (Å²) in [6.45, 7) is 0. The Morgan fingerprint density at radius 2 is 2.00 bits per heavy atom. The molecule has 76 valence electrons. The fraction of sp³-hybridized carbons (Fsp3) is 0.214. The number of hydrogen-bond donors (Lipinski definition) is 0.